The first-order valence-corrected chi connectivity index (χ1v) is 14.1. The van der Waals surface area contributed by atoms with Crippen LogP contribution in [0.2, 0.25) is 0 Å². The van der Waals surface area contributed by atoms with Crippen molar-refractivity contribution in [2.45, 2.75) is 31.6 Å². The van der Waals surface area contributed by atoms with Crippen molar-refractivity contribution in [2.75, 3.05) is 65.9 Å². The first kappa shape index (κ1) is 29.4. The number of benzene rings is 1. The largest absolute Gasteiger partial charge is 0.497 e. The number of methoxy groups -OCH3 is 1. The number of carbonyl (C=O) groups excluding carboxylic acids is 2. The number of likely N-dealkylation sites (N-methyl/N-ethyl adjacent to an activating group) is 3. The topological polar surface area (TPSA) is 103 Å². The summed E-state index contributed by atoms with van der Waals surface area (Å²) in [4.78, 5) is 35.2. The number of anilines is 1. The second-order valence-electron chi connectivity index (χ2n) is 10.0. The molecule has 1 aromatic heterocycles. The first-order chi connectivity index (χ1) is 17.9. The van der Waals surface area contributed by atoms with Gasteiger partial charge in [-0.3, -0.25) is 14.6 Å². The highest BCUT2D eigenvalue weighted by Gasteiger charge is 2.29. The Bertz CT molecular complexity index is 1210. The van der Waals surface area contributed by atoms with Crippen LogP contribution in [0.5, 0.6) is 5.75 Å². The maximum atomic E-state index is 13.2. The molecule has 2 aromatic rings. The number of aryl methyl sites for hydroxylation is 2. The van der Waals surface area contributed by atoms with E-state index in [0.717, 1.165) is 35.9 Å². The maximum Gasteiger partial charge on any atom is 0.243 e. The zero-order chi connectivity index (χ0) is 28.0. The van der Waals surface area contributed by atoms with Crippen molar-refractivity contribution in [3.8, 4) is 5.75 Å². The lowest BCUT2D eigenvalue weighted by atomic mass is 9.96. The van der Waals surface area contributed by atoms with Gasteiger partial charge in [0.05, 0.1) is 25.1 Å². The van der Waals surface area contributed by atoms with Gasteiger partial charge in [-0.15, -0.1) is 0 Å². The van der Waals surface area contributed by atoms with Gasteiger partial charge in [0.2, 0.25) is 21.8 Å². The van der Waals surface area contributed by atoms with Gasteiger partial charge in [0.15, 0.2) is 0 Å². The van der Waals surface area contributed by atoms with Crippen LogP contribution in [-0.2, 0) is 19.6 Å². The van der Waals surface area contributed by atoms with Crippen LogP contribution in [0.1, 0.15) is 24.0 Å². The molecule has 0 atom stereocenters. The minimum atomic E-state index is -3.92. The van der Waals surface area contributed by atoms with Crippen molar-refractivity contribution in [1.82, 2.24) is 19.1 Å². The molecule has 38 heavy (non-hydrogen) atoms. The molecule has 1 fully saturated rings. The van der Waals surface area contributed by atoms with Gasteiger partial charge in [-0.2, -0.15) is 4.31 Å². The van der Waals surface area contributed by atoms with Crippen molar-refractivity contribution < 1.29 is 22.7 Å². The summed E-state index contributed by atoms with van der Waals surface area (Å²) in [6, 6.07) is 7.31. The molecular formula is C27H39N5O5S. The Morgan fingerprint density at radius 2 is 1.53 bits per heavy atom. The number of sulfonamides is 1. The van der Waals surface area contributed by atoms with Gasteiger partial charge in [-0.1, -0.05) is 0 Å². The molecule has 1 aliphatic rings. The zero-order valence-corrected chi connectivity index (χ0v) is 24.0. The molecule has 1 aliphatic heterocycles. The van der Waals surface area contributed by atoms with E-state index < -0.39 is 15.9 Å². The molecule has 11 heteroatoms. The van der Waals surface area contributed by atoms with Gasteiger partial charge in [0.1, 0.15) is 5.75 Å². The van der Waals surface area contributed by atoms with Gasteiger partial charge in [-0.05, 0) is 68.0 Å². The summed E-state index contributed by atoms with van der Waals surface area (Å²) in [5, 5.41) is 0. The van der Waals surface area contributed by atoms with Gasteiger partial charge in [-0.25, -0.2) is 8.42 Å². The average molecular weight is 546 g/mol. The summed E-state index contributed by atoms with van der Waals surface area (Å²) in [7, 11) is 2.25. The smallest absolute Gasteiger partial charge is 0.243 e. The van der Waals surface area contributed by atoms with Crippen LogP contribution in [0.4, 0.5) is 5.69 Å². The van der Waals surface area contributed by atoms with Crippen molar-refractivity contribution in [2.24, 2.45) is 5.92 Å². The number of aromatic nitrogens is 1. The standard InChI is InChI=1S/C27H39N5O5S/c1-20-15-24(37-6)16-21(2)27(20)38(35,36)31(5)19-26(34)30(4)18-25(33)29(3)17-22-9-13-32(14-10-22)23-7-11-28-12-8-23/h7-8,11-12,15-16,22H,9-10,13-14,17-19H2,1-6H3. The van der Waals surface area contributed by atoms with Crippen LogP contribution in [0.3, 0.4) is 0 Å². The van der Waals surface area contributed by atoms with Crippen molar-refractivity contribution in [3.63, 3.8) is 0 Å². The fraction of sp³-hybridized carbons (Fsp3) is 0.519. The van der Waals surface area contributed by atoms with Gasteiger partial charge in [0, 0.05) is 58.9 Å². The third kappa shape index (κ3) is 7.02. The monoisotopic (exact) mass is 545 g/mol. The Balaban J connectivity index is 1.51. The molecule has 0 bridgehead atoms. The Hall–Kier alpha value is -3.18. The van der Waals surface area contributed by atoms with E-state index >= 15 is 0 Å². The number of rotatable bonds is 10. The Morgan fingerprint density at radius 1 is 0.974 bits per heavy atom. The molecule has 0 aliphatic carbocycles. The van der Waals surface area contributed by atoms with Crippen LogP contribution in [0.15, 0.2) is 41.6 Å². The van der Waals surface area contributed by atoms with Gasteiger partial charge in [0.25, 0.3) is 0 Å². The molecule has 10 nitrogen and oxygen atoms in total. The molecule has 0 spiro atoms. The summed E-state index contributed by atoms with van der Waals surface area (Å²) in [5.74, 6) is 0.326. The number of carbonyl (C=O) groups is 2. The third-order valence-corrected chi connectivity index (χ3v) is 9.20. The molecular weight excluding hydrogens is 506 g/mol. The predicted octanol–water partition coefficient (Wildman–Crippen LogP) is 2.16. The minimum absolute atomic E-state index is 0.111. The fourth-order valence-corrected chi connectivity index (χ4v) is 6.34. The van der Waals surface area contributed by atoms with Gasteiger partial charge < -0.3 is 19.4 Å². The molecule has 1 aromatic carbocycles. The molecule has 2 amide bonds. The number of hydrogen-bond donors (Lipinski definition) is 0. The van der Waals surface area contributed by atoms with Crippen molar-refractivity contribution in [1.29, 1.82) is 0 Å². The summed E-state index contributed by atoms with van der Waals surface area (Å²) < 4.78 is 32.7. The first-order valence-electron chi connectivity index (χ1n) is 12.7. The van der Waals surface area contributed by atoms with Crippen LogP contribution in [0.25, 0.3) is 0 Å². The number of ether oxygens (including phenoxy) is 1. The van der Waals surface area contributed by atoms with Crippen LogP contribution in [0, 0.1) is 19.8 Å². The van der Waals surface area contributed by atoms with Crippen molar-refractivity contribution in [3.05, 3.63) is 47.8 Å². The molecule has 0 radical (unpaired) electrons. The van der Waals surface area contributed by atoms with E-state index in [-0.39, 0.29) is 23.9 Å². The Morgan fingerprint density at radius 3 is 2.08 bits per heavy atom. The zero-order valence-electron chi connectivity index (χ0n) is 23.2. The highest BCUT2D eigenvalue weighted by molar-refractivity contribution is 7.89. The molecule has 0 unspecified atom stereocenters. The summed E-state index contributed by atoms with van der Waals surface area (Å²) >= 11 is 0. The molecule has 208 valence electrons. The van der Waals surface area contributed by atoms with E-state index in [1.54, 1.807) is 50.3 Å². The molecule has 3 rings (SSSR count). The molecule has 1 saturated heterocycles. The highest BCUT2D eigenvalue weighted by atomic mass is 32.2. The van der Waals surface area contributed by atoms with E-state index in [1.807, 2.05) is 12.1 Å². The van der Waals surface area contributed by atoms with E-state index in [2.05, 4.69) is 9.88 Å². The number of nitrogens with zero attached hydrogens (tertiary/aromatic N) is 5. The number of pyridine rings is 1. The number of hydrogen-bond acceptors (Lipinski definition) is 7. The van der Waals surface area contributed by atoms with E-state index in [1.165, 1.54) is 26.1 Å². The van der Waals surface area contributed by atoms with E-state index in [4.69, 9.17) is 4.74 Å². The third-order valence-electron chi connectivity index (χ3n) is 7.09. The second kappa shape index (κ2) is 12.6. The maximum absolute atomic E-state index is 13.2. The molecule has 2 heterocycles. The SMILES string of the molecule is COc1cc(C)c(S(=O)(=O)N(C)CC(=O)N(C)CC(=O)N(C)CC2CCN(c3ccncc3)CC2)c(C)c1. The van der Waals surface area contributed by atoms with Gasteiger partial charge >= 0.3 is 0 Å². The number of amides is 2. The molecule has 0 saturated carbocycles. The summed E-state index contributed by atoms with van der Waals surface area (Å²) in [6.07, 6.45) is 5.53. The lowest BCUT2D eigenvalue weighted by Crippen LogP contribution is -2.45. The summed E-state index contributed by atoms with van der Waals surface area (Å²) in [5.41, 5.74) is 2.24. The summed E-state index contributed by atoms with van der Waals surface area (Å²) in [6.45, 7) is 5.37. The normalized spacial score (nSPS) is 14.4. The molecule has 0 N–H and O–H groups in total. The lowest BCUT2D eigenvalue weighted by Gasteiger charge is -2.35. The quantitative estimate of drug-likeness (QED) is 0.451. The Kier molecular flexibility index (Phi) is 9.72. The minimum Gasteiger partial charge on any atom is -0.497 e. The van der Waals surface area contributed by atoms with Crippen LogP contribution < -0.4 is 9.64 Å². The average Bonchev–Trinajstić information content (AvgIpc) is 2.88. The highest BCUT2D eigenvalue weighted by Crippen LogP contribution is 2.28. The lowest BCUT2D eigenvalue weighted by molar-refractivity contribution is -0.139. The Labute approximate surface area is 226 Å². The van der Waals surface area contributed by atoms with Crippen LogP contribution in [-0.4, -0.2) is 100 Å². The van der Waals surface area contributed by atoms with E-state index in [0.29, 0.717) is 29.3 Å². The predicted molar refractivity (Wildman–Crippen MR) is 147 cm³/mol. The van der Waals surface area contributed by atoms with Crippen molar-refractivity contribution >= 4 is 27.5 Å². The van der Waals surface area contributed by atoms with Crippen LogP contribution >= 0.6 is 0 Å². The fourth-order valence-electron chi connectivity index (χ4n) is 4.82. The second-order valence-corrected chi connectivity index (χ2v) is 12.0. The number of piperidine rings is 1. The van der Waals surface area contributed by atoms with E-state index in [9.17, 15) is 18.0 Å².